The summed E-state index contributed by atoms with van der Waals surface area (Å²) in [5, 5.41) is 19.7. The minimum Gasteiger partial charge on any atom is -0.478 e. The number of halogens is 2. The molecule has 0 fully saturated rings. The maximum Gasteiger partial charge on any atom is 0.335 e. The molecule has 0 bridgehead atoms. The van der Waals surface area contributed by atoms with Crippen molar-refractivity contribution in [3.63, 3.8) is 0 Å². The summed E-state index contributed by atoms with van der Waals surface area (Å²) in [7, 11) is 0. The summed E-state index contributed by atoms with van der Waals surface area (Å²) in [6, 6.07) is 9.76. The molecule has 2 atom stereocenters. The zero-order chi connectivity index (χ0) is 24.6. The highest BCUT2D eigenvalue weighted by Gasteiger charge is 2.44. The lowest BCUT2D eigenvalue weighted by molar-refractivity contribution is -0.134. The Hall–Kier alpha value is -4.25. The topological polar surface area (TPSA) is 142 Å². The molecule has 0 radical (unpaired) electrons. The van der Waals surface area contributed by atoms with Crippen LogP contribution in [0.25, 0.3) is 0 Å². The van der Waals surface area contributed by atoms with Crippen molar-refractivity contribution in [2.24, 2.45) is 5.73 Å². The lowest BCUT2D eigenvalue weighted by atomic mass is 9.92. The first kappa shape index (κ1) is 25.0. The molecule has 0 spiro atoms. The Morgan fingerprint density at radius 2 is 1.39 bits per heavy atom. The van der Waals surface area contributed by atoms with Crippen molar-refractivity contribution >= 4 is 17.8 Å². The molecular formula is C23H19F2N3O5. The van der Waals surface area contributed by atoms with Crippen LogP contribution in [-0.4, -0.2) is 46.1 Å². The van der Waals surface area contributed by atoms with Crippen LogP contribution in [0.2, 0.25) is 0 Å². The minimum atomic E-state index is -3.16. The molecule has 0 aliphatic carbocycles. The van der Waals surface area contributed by atoms with Crippen LogP contribution in [0.3, 0.4) is 0 Å². The fraction of sp³-hybridized carbons (Fsp3) is 0.174. The molecule has 0 aliphatic rings. The number of hydrogen-bond acceptors (Lipinski definition) is 5. The van der Waals surface area contributed by atoms with Gasteiger partial charge in [-0.2, -0.15) is 0 Å². The number of carbonyl (C=O) groups excluding carboxylic acids is 2. The van der Waals surface area contributed by atoms with E-state index < -0.39 is 35.8 Å². The number of benzene rings is 2. The van der Waals surface area contributed by atoms with Crippen molar-refractivity contribution in [1.82, 2.24) is 10.8 Å². The van der Waals surface area contributed by atoms with Gasteiger partial charge in [0.1, 0.15) is 11.6 Å². The Kier molecular flexibility index (Phi) is 8.24. The molecule has 6 N–H and O–H groups in total. The molecule has 0 saturated heterocycles. The zero-order valence-corrected chi connectivity index (χ0v) is 17.2. The summed E-state index contributed by atoms with van der Waals surface area (Å²) in [6.07, 6.45) is -3.16. The lowest BCUT2D eigenvalue weighted by Crippen LogP contribution is -2.66. The van der Waals surface area contributed by atoms with Gasteiger partial charge in [0.2, 0.25) is 0 Å². The van der Waals surface area contributed by atoms with Crippen molar-refractivity contribution < 1.29 is 33.5 Å². The number of alkyl halides is 2. The third-order valence-corrected chi connectivity index (χ3v) is 4.50. The van der Waals surface area contributed by atoms with E-state index in [9.17, 15) is 23.2 Å². The Labute approximate surface area is 187 Å². The smallest absolute Gasteiger partial charge is 0.335 e. The van der Waals surface area contributed by atoms with Crippen LogP contribution < -0.4 is 16.5 Å². The van der Waals surface area contributed by atoms with E-state index >= 15 is 0 Å². The van der Waals surface area contributed by atoms with E-state index in [4.69, 9.17) is 16.0 Å². The van der Waals surface area contributed by atoms with Crippen LogP contribution in [0.4, 0.5) is 8.78 Å². The normalized spacial score (nSPS) is 12.8. The second-order valence-electron chi connectivity index (χ2n) is 7.01. The fourth-order valence-electron chi connectivity index (χ4n) is 2.52. The number of hydrogen-bond donors (Lipinski definition) is 5. The van der Waals surface area contributed by atoms with Gasteiger partial charge in [-0.3, -0.25) is 14.8 Å². The number of nitrogens with one attached hydrogen (secondary N) is 2. The first-order valence-electron chi connectivity index (χ1n) is 9.33. The van der Waals surface area contributed by atoms with Gasteiger partial charge in [0.25, 0.3) is 18.2 Å². The predicted molar refractivity (Wildman–Crippen MR) is 113 cm³/mol. The van der Waals surface area contributed by atoms with Crippen molar-refractivity contribution in [2.75, 3.05) is 0 Å². The summed E-state index contributed by atoms with van der Waals surface area (Å²) in [6.45, 7) is 0.873. The molecule has 170 valence electrons. The second-order valence-corrected chi connectivity index (χ2v) is 7.01. The van der Waals surface area contributed by atoms with Gasteiger partial charge in [-0.25, -0.2) is 19.1 Å². The van der Waals surface area contributed by atoms with Gasteiger partial charge in [0.05, 0.1) is 5.56 Å². The first-order valence-corrected chi connectivity index (χ1v) is 9.33. The molecule has 2 amide bonds. The summed E-state index contributed by atoms with van der Waals surface area (Å²) in [5.41, 5.74) is 5.53. The Morgan fingerprint density at radius 3 is 1.79 bits per heavy atom. The van der Waals surface area contributed by atoms with Gasteiger partial charge in [0, 0.05) is 16.7 Å². The SMILES string of the molecule is CC(N)(C(F)F)C(NC(=O)c1ccc(C#CC#Cc2ccc(C(=O)O)cc2)cc1)C(=O)NO. The molecule has 0 aromatic heterocycles. The van der Waals surface area contributed by atoms with E-state index in [1.807, 2.05) is 0 Å². The van der Waals surface area contributed by atoms with E-state index in [1.165, 1.54) is 41.9 Å². The van der Waals surface area contributed by atoms with E-state index in [-0.39, 0.29) is 11.1 Å². The highest BCUT2D eigenvalue weighted by molar-refractivity contribution is 5.98. The number of hydroxylamine groups is 1. The number of aromatic carboxylic acids is 1. The van der Waals surface area contributed by atoms with Crippen LogP contribution in [0.15, 0.2) is 48.5 Å². The summed E-state index contributed by atoms with van der Waals surface area (Å²) in [5.74, 6) is 7.57. The zero-order valence-electron chi connectivity index (χ0n) is 17.2. The Balaban J connectivity index is 2.09. The molecule has 2 rings (SSSR count). The summed E-state index contributed by atoms with van der Waals surface area (Å²) < 4.78 is 26.4. The maximum absolute atomic E-state index is 13.2. The van der Waals surface area contributed by atoms with Gasteiger partial charge < -0.3 is 16.2 Å². The van der Waals surface area contributed by atoms with Gasteiger partial charge in [-0.15, -0.1) is 0 Å². The third kappa shape index (κ3) is 6.61. The second kappa shape index (κ2) is 10.9. The summed E-state index contributed by atoms with van der Waals surface area (Å²) >= 11 is 0. The van der Waals surface area contributed by atoms with Crippen molar-refractivity contribution in [1.29, 1.82) is 0 Å². The average molecular weight is 455 g/mol. The third-order valence-electron chi connectivity index (χ3n) is 4.50. The van der Waals surface area contributed by atoms with Gasteiger partial charge in [0.15, 0.2) is 0 Å². The molecule has 10 heteroatoms. The van der Waals surface area contributed by atoms with Crippen LogP contribution in [0, 0.1) is 23.7 Å². The largest absolute Gasteiger partial charge is 0.478 e. The molecule has 0 heterocycles. The van der Waals surface area contributed by atoms with Crippen molar-refractivity contribution in [2.45, 2.75) is 24.9 Å². The predicted octanol–water partition coefficient (Wildman–Crippen LogP) is 1.37. The van der Waals surface area contributed by atoms with Gasteiger partial charge in [-0.05, 0) is 67.3 Å². The van der Waals surface area contributed by atoms with Crippen LogP contribution in [-0.2, 0) is 4.79 Å². The Bertz CT molecular complexity index is 1160. The van der Waals surface area contributed by atoms with E-state index in [2.05, 4.69) is 29.0 Å². The molecule has 2 aromatic rings. The van der Waals surface area contributed by atoms with E-state index in [0.29, 0.717) is 11.1 Å². The van der Waals surface area contributed by atoms with Crippen molar-refractivity contribution in [3.05, 3.63) is 70.8 Å². The number of carboxylic acid groups (broad SMARTS) is 1. The van der Waals surface area contributed by atoms with E-state index in [0.717, 1.165) is 6.92 Å². The van der Waals surface area contributed by atoms with Gasteiger partial charge in [-0.1, -0.05) is 11.8 Å². The minimum absolute atomic E-state index is 0.0472. The van der Waals surface area contributed by atoms with Crippen LogP contribution in [0.5, 0.6) is 0 Å². The quantitative estimate of drug-likeness (QED) is 0.253. The van der Waals surface area contributed by atoms with Crippen LogP contribution >= 0.6 is 0 Å². The molecule has 33 heavy (non-hydrogen) atoms. The lowest BCUT2D eigenvalue weighted by Gasteiger charge is -2.32. The summed E-state index contributed by atoms with van der Waals surface area (Å²) in [4.78, 5) is 34.9. The number of carboxylic acids is 1. The number of rotatable bonds is 6. The molecule has 8 nitrogen and oxygen atoms in total. The molecule has 0 saturated carbocycles. The van der Waals surface area contributed by atoms with E-state index in [1.54, 1.807) is 12.1 Å². The molecule has 2 aromatic carbocycles. The molecular weight excluding hydrogens is 436 g/mol. The highest BCUT2D eigenvalue weighted by Crippen LogP contribution is 2.18. The standard InChI is InChI=1S/C23H19F2N3O5/c1-23(26,22(24)25)18(20(30)28-33)27-19(29)16-10-6-14(7-11-16)4-2-3-5-15-8-12-17(13-9-15)21(31)32/h6-13,18,22,33H,26H2,1H3,(H,27,29)(H,28,30)(H,31,32). The first-order chi connectivity index (χ1) is 15.6. The van der Waals surface area contributed by atoms with Crippen LogP contribution in [0.1, 0.15) is 38.8 Å². The monoisotopic (exact) mass is 455 g/mol. The number of nitrogens with two attached hydrogens (primary N) is 1. The molecule has 0 aliphatic heterocycles. The number of carbonyl (C=O) groups is 3. The Morgan fingerprint density at radius 1 is 0.939 bits per heavy atom. The average Bonchev–Trinajstić information content (AvgIpc) is 2.80. The highest BCUT2D eigenvalue weighted by atomic mass is 19.3. The van der Waals surface area contributed by atoms with Crippen molar-refractivity contribution in [3.8, 4) is 23.7 Å². The van der Waals surface area contributed by atoms with Gasteiger partial charge >= 0.3 is 5.97 Å². The number of amides is 2. The molecule has 2 unspecified atom stereocenters. The fourth-order valence-corrected chi connectivity index (χ4v) is 2.52. The maximum atomic E-state index is 13.2.